The zero-order valence-corrected chi connectivity index (χ0v) is 15.1. The molecular formula is C18H13BrCl2FN. The Bertz CT molecular complexity index is 821. The predicted octanol–water partition coefficient (Wildman–Crippen LogP) is 6.72. The van der Waals surface area contributed by atoms with Crippen LogP contribution in [0.5, 0.6) is 0 Å². The molecule has 1 aliphatic heterocycles. The molecule has 2 aliphatic rings. The van der Waals surface area contributed by atoms with Crippen LogP contribution >= 0.6 is 39.1 Å². The lowest BCUT2D eigenvalue weighted by Gasteiger charge is -2.37. The molecule has 5 heteroatoms. The lowest BCUT2D eigenvalue weighted by molar-refractivity contribution is 0.420. The van der Waals surface area contributed by atoms with Gasteiger partial charge in [0.25, 0.3) is 0 Å². The number of anilines is 1. The normalized spacial score (nSPS) is 25.0. The molecule has 4 rings (SSSR count). The molecule has 118 valence electrons. The van der Waals surface area contributed by atoms with Crippen molar-refractivity contribution in [2.75, 3.05) is 5.32 Å². The van der Waals surface area contributed by atoms with Crippen molar-refractivity contribution in [3.05, 3.63) is 73.9 Å². The highest BCUT2D eigenvalue weighted by Gasteiger charge is 2.39. The molecule has 0 saturated heterocycles. The SMILES string of the molecule is Fc1cc(Br)cc2c1N[C@H](c1ccc(Cl)c(Cl)c1)[C@H]1CC=C[C@H]21. The number of rotatable bonds is 1. The van der Waals surface area contributed by atoms with Crippen LogP contribution in [0.1, 0.15) is 29.5 Å². The number of halogens is 4. The molecule has 0 bridgehead atoms. The van der Waals surface area contributed by atoms with Crippen LogP contribution in [0.25, 0.3) is 0 Å². The maximum Gasteiger partial charge on any atom is 0.147 e. The summed E-state index contributed by atoms with van der Waals surface area (Å²) in [4.78, 5) is 0. The second-order valence-electron chi connectivity index (χ2n) is 6.00. The van der Waals surface area contributed by atoms with Crippen molar-refractivity contribution in [2.24, 2.45) is 5.92 Å². The minimum Gasteiger partial charge on any atom is -0.375 e. The minimum absolute atomic E-state index is 0.00735. The van der Waals surface area contributed by atoms with Crippen molar-refractivity contribution in [1.82, 2.24) is 0 Å². The zero-order chi connectivity index (χ0) is 16.1. The molecule has 3 atom stereocenters. The molecule has 0 radical (unpaired) electrons. The van der Waals surface area contributed by atoms with Gasteiger partial charge in [-0.3, -0.25) is 0 Å². The number of allylic oxidation sites excluding steroid dienone is 2. The van der Waals surface area contributed by atoms with Gasteiger partial charge in [-0.05, 0) is 47.7 Å². The maximum absolute atomic E-state index is 14.5. The maximum atomic E-state index is 14.5. The van der Waals surface area contributed by atoms with E-state index in [1.54, 1.807) is 6.07 Å². The summed E-state index contributed by atoms with van der Waals surface area (Å²) in [5.41, 5.74) is 2.62. The van der Waals surface area contributed by atoms with Crippen LogP contribution in [-0.2, 0) is 0 Å². The van der Waals surface area contributed by atoms with Gasteiger partial charge < -0.3 is 5.32 Å². The molecule has 2 aromatic rings. The van der Waals surface area contributed by atoms with Crippen LogP contribution in [0.15, 0.2) is 47.0 Å². The molecule has 1 N–H and O–H groups in total. The molecule has 0 fully saturated rings. The van der Waals surface area contributed by atoms with E-state index < -0.39 is 0 Å². The van der Waals surface area contributed by atoms with E-state index in [9.17, 15) is 4.39 Å². The third kappa shape index (κ3) is 2.59. The van der Waals surface area contributed by atoms with Crippen molar-refractivity contribution >= 4 is 44.8 Å². The van der Waals surface area contributed by atoms with Gasteiger partial charge in [-0.2, -0.15) is 0 Å². The molecule has 1 aliphatic carbocycles. The van der Waals surface area contributed by atoms with E-state index in [2.05, 4.69) is 33.4 Å². The van der Waals surface area contributed by atoms with Gasteiger partial charge in [-0.15, -0.1) is 0 Å². The largest absolute Gasteiger partial charge is 0.375 e. The van der Waals surface area contributed by atoms with Crippen LogP contribution in [0.3, 0.4) is 0 Å². The molecule has 2 aromatic carbocycles. The quantitative estimate of drug-likeness (QED) is 0.512. The first-order valence-corrected chi connectivity index (χ1v) is 8.96. The summed E-state index contributed by atoms with van der Waals surface area (Å²) in [6.07, 6.45) is 5.31. The molecule has 23 heavy (non-hydrogen) atoms. The van der Waals surface area contributed by atoms with Crippen molar-refractivity contribution in [3.8, 4) is 0 Å². The fourth-order valence-electron chi connectivity index (χ4n) is 3.66. The molecule has 1 heterocycles. The smallest absolute Gasteiger partial charge is 0.147 e. The average molecular weight is 413 g/mol. The number of nitrogens with one attached hydrogen (secondary N) is 1. The topological polar surface area (TPSA) is 12.0 Å². The minimum atomic E-state index is -0.238. The van der Waals surface area contributed by atoms with Crippen LogP contribution in [0.4, 0.5) is 10.1 Å². The molecule has 0 unspecified atom stereocenters. The highest BCUT2D eigenvalue weighted by Crippen LogP contribution is 2.51. The molecule has 0 spiro atoms. The van der Waals surface area contributed by atoms with Gasteiger partial charge >= 0.3 is 0 Å². The summed E-state index contributed by atoms with van der Waals surface area (Å²) in [6, 6.07) is 9.14. The van der Waals surface area contributed by atoms with Gasteiger partial charge in [0.2, 0.25) is 0 Å². The summed E-state index contributed by atoms with van der Waals surface area (Å²) in [5, 5.41) is 4.44. The van der Waals surface area contributed by atoms with Crippen molar-refractivity contribution in [3.63, 3.8) is 0 Å². The highest BCUT2D eigenvalue weighted by atomic mass is 79.9. The molecular weight excluding hydrogens is 400 g/mol. The number of hydrogen-bond acceptors (Lipinski definition) is 1. The Balaban J connectivity index is 1.82. The third-order valence-electron chi connectivity index (χ3n) is 4.69. The summed E-state index contributed by atoms with van der Waals surface area (Å²) < 4.78 is 15.2. The number of benzene rings is 2. The van der Waals surface area contributed by atoms with Crippen molar-refractivity contribution in [1.29, 1.82) is 0 Å². The van der Waals surface area contributed by atoms with Gasteiger partial charge in [0.05, 0.1) is 21.8 Å². The summed E-state index contributed by atoms with van der Waals surface area (Å²) in [5.74, 6) is 0.310. The van der Waals surface area contributed by atoms with E-state index in [-0.39, 0.29) is 17.8 Å². The van der Waals surface area contributed by atoms with Gasteiger partial charge in [-0.1, -0.05) is 57.4 Å². The third-order valence-corrected chi connectivity index (χ3v) is 5.89. The molecule has 1 nitrogen and oxygen atoms in total. The summed E-state index contributed by atoms with van der Waals surface area (Å²) in [6.45, 7) is 0. The van der Waals surface area contributed by atoms with E-state index in [0.717, 1.165) is 22.0 Å². The van der Waals surface area contributed by atoms with E-state index in [1.807, 2.05) is 18.2 Å². The first kappa shape index (κ1) is 15.5. The molecule has 0 aromatic heterocycles. The van der Waals surface area contributed by atoms with Gasteiger partial charge in [-0.25, -0.2) is 4.39 Å². The molecule has 0 amide bonds. The first-order chi connectivity index (χ1) is 11.0. The van der Waals surface area contributed by atoms with Crippen LogP contribution < -0.4 is 5.32 Å². The number of hydrogen-bond donors (Lipinski definition) is 1. The fourth-order valence-corrected chi connectivity index (χ4v) is 4.41. The van der Waals surface area contributed by atoms with E-state index in [1.165, 1.54) is 6.07 Å². The fraction of sp³-hybridized carbons (Fsp3) is 0.222. The van der Waals surface area contributed by atoms with E-state index in [0.29, 0.717) is 21.7 Å². The standard InChI is InChI=1S/C18H13BrCl2FN/c19-10-7-13-11-2-1-3-12(11)17(23-18(13)16(22)8-10)9-4-5-14(20)15(21)6-9/h1-2,4-8,11-12,17,23H,3H2/t11-,12-,17+/m0/s1. The Morgan fingerprint density at radius 1 is 1.13 bits per heavy atom. The Morgan fingerprint density at radius 3 is 2.74 bits per heavy atom. The van der Waals surface area contributed by atoms with Gasteiger partial charge in [0.15, 0.2) is 0 Å². The van der Waals surface area contributed by atoms with Gasteiger partial charge in [0.1, 0.15) is 5.82 Å². The van der Waals surface area contributed by atoms with Crippen LogP contribution in [0.2, 0.25) is 10.0 Å². The Kier molecular flexibility index (Phi) is 3.91. The predicted molar refractivity (Wildman–Crippen MR) is 96.9 cm³/mol. The van der Waals surface area contributed by atoms with E-state index in [4.69, 9.17) is 23.2 Å². The Hall–Kier alpha value is -1.03. The summed E-state index contributed by atoms with van der Waals surface area (Å²) in [7, 11) is 0. The lowest BCUT2D eigenvalue weighted by atomic mass is 9.77. The van der Waals surface area contributed by atoms with Crippen molar-refractivity contribution < 1.29 is 4.39 Å². The zero-order valence-electron chi connectivity index (χ0n) is 12.0. The monoisotopic (exact) mass is 411 g/mol. The first-order valence-electron chi connectivity index (χ1n) is 7.41. The lowest BCUT2D eigenvalue weighted by Crippen LogP contribution is -2.29. The Labute approximate surface area is 152 Å². The Morgan fingerprint density at radius 2 is 1.96 bits per heavy atom. The van der Waals surface area contributed by atoms with E-state index >= 15 is 0 Å². The second-order valence-corrected chi connectivity index (χ2v) is 7.73. The average Bonchev–Trinajstić information content (AvgIpc) is 2.99. The molecule has 0 saturated carbocycles. The van der Waals surface area contributed by atoms with Crippen LogP contribution in [0, 0.1) is 11.7 Å². The van der Waals surface area contributed by atoms with Crippen molar-refractivity contribution in [2.45, 2.75) is 18.4 Å². The second kappa shape index (κ2) is 5.80. The number of fused-ring (bicyclic) bond motifs is 3. The van der Waals surface area contributed by atoms with Gasteiger partial charge in [0, 0.05) is 10.4 Å². The highest BCUT2D eigenvalue weighted by molar-refractivity contribution is 9.10. The van der Waals surface area contributed by atoms with Crippen LogP contribution in [-0.4, -0.2) is 0 Å². The summed E-state index contributed by atoms with van der Waals surface area (Å²) >= 11 is 15.6.